The van der Waals surface area contributed by atoms with E-state index < -0.39 is 73.4 Å². The number of aromatic nitrogens is 2. The molecule has 5 nitrogen and oxygen atoms in total. The van der Waals surface area contributed by atoms with E-state index in [0.29, 0.717) is 4.90 Å². The van der Waals surface area contributed by atoms with E-state index in [1.807, 2.05) is 0 Å². The smallest absolute Gasteiger partial charge is 0.253 e. The number of rotatable bonds is 6. The molecule has 2 heterocycles. The first-order valence-corrected chi connectivity index (χ1v) is 8.55. The Bertz CT molecular complexity index is 1230. The topological polar surface area (TPSA) is 58.1 Å². The van der Waals surface area contributed by atoms with Crippen molar-refractivity contribution < 1.29 is 27.3 Å². The third kappa shape index (κ3) is 5.02. The van der Waals surface area contributed by atoms with Gasteiger partial charge in [-0.3, -0.25) is 4.79 Å². The maximum absolute atomic E-state index is 16.3. The minimum absolute atomic E-state index is 0.00830. The number of nitrogens with zero attached hydrogens (tertiary/aromatic N) is 3. The van der Waals surface area contributed by atoms with E-state index in [-0.39, 0.29) is 11.1 Å². The number of likely N-dealkylation sites (tertiary alicyclic amines) is 1. The van der Waals surface area contributed by atoms with E-state index in [0.717, 1.165) is 30.6 Å². The molecule has 1 aromatic heterocycles. The fraction of sp³-hybridized carbons (Fsp3) is 0.450. The Morgan fingerprint density at radius 2 is 2.21 bits per heavy atom. The second-order valence-corrected chi connectivity index (χ2v) is 6.20. The predicted octanol–water partition coefficient (Wildman–Crippen LogP) is 3.57. The van der Waals surface area contributed by atoms with Gasteiger partial charge < -0.3 is 10.2 Å². The number of hydrogen-bond acceptors (Lipinski definition) is 4. The zero-order valence-corrected chi connectivity index (χ0v) is 15.4. The third-order valence-corrected chi connectivity index (χ3v) is 4.15. The number of carbonyl (C=O) groups excluding carboxylic acids is 1. The van der Waals surface area contributed by atoms with Gasteiger partial charge in [-0.1, -0.05) is 18.5 Å². The molecule has 1 aromatic carbocycles. The number of halogens is 3. The summed E-state index contributed by atoms with van der Waals surface area (Å²) >= 11 is 5.68. The van der Waals surface area contributed by atoms with Gasteiger partial charge in [0.1, 0.15) is 17.3 Å². The number of benzene rings is 1. The zero-order valence-electron chi connectivity index (χ0n) is 24.7. The summed E-state index contributed by atoms with van der Waals surface area (Å²) in [6, 6.07) is 2.72. The van der Waals surface area contributed by atoms with Gasteiger partial charge in [0.05, 0.1) is 14.3 Å². The van der Waals surface area contributed by atoms with Crippen molar-refractivity contribution in [1.82, 2.24) is 20.2 Å². The Morgan fingerprint density at radius 3 is 2.89 bits per heavy atom. The summed E-state index contributed by atoms with van der Waals surface area (Å²) in [6.07, 6.45) is -4.76. The van der Waals surface area contributed by atoms with Crippen LogP contribution in [0.2, 0.25) is 5.02 Å². The minimum Gasteiger partial charge on any atom is -0.338 e. The molecule has 0 bridgehead atoms. The van der Waals surface area contributed by atoms with Crippen molar-refractivity contribution in [3.63, 3.8) is 0 Å². The molecule has 3 rings (SSSR count). The van der Waals surface area contributed by atoms with Crippen LogP contribution in [0.25, 0.3) is 0 Å². The molecule has 1 atom stereocenters. The van der Waals surface area contributed by atoms with E-state index in [1.54, 1.807) is 5.32 Å². The number of hydrogen-bond donors (Lipinski definition) is 1. The number of nitrogens with one attached hydrogen (secondary N) is 1. The van der Waals surface area contributed by atoms with Crippen molar-refractivity contribution in [2.75, 3.05) is 19.5 Å². The first-order chi connectivity index (χ1) is 17.1. The van der Waals surface area contributed by atoms with E-state index in [9.17, 15) is 9.18 Å². The van der Waals surface area contributed by atoms with Crippen LogP contribution in [-0.2, 0) is 12.9 Å². The highest BCUT2D eigenvalue weighted by Crippen LogP contribution is 2.27. The molecule has 1 saturated heterocycles. The van der Waals surface area contributed by atoms with Crippen LogP contribution in [0.5, 0.6) is 0 Å². The number of amides is 1. The highest BCUT2D eigenvalue weighted by atomic mass is 35.5. The molecule has 8 heteroatoms. The van der Waals surface area contributed by atoms with Gasteiger partial charge in [0.15, 0.2) is 0 Å². The van der Waals surface area contributed by atoms with Gasteiger partial charge in [0, 0.05) is 61.3 Å². The Labute approximate surface area is 182 Å². The predicted molar refractivity (Wildman–Crippen MR) is 104 cm³/mol. The molecule has 0 radical (unpaired) electrons. The maximum Gasteiger partial charge on any atom is 0.253 e. The van der Waals surface area contributed by atoms with Gasteiger partial charge in [0.25, 0.3) is 5.91 Å². The lowest BCUT2D eigenvalue weighted by Crippen LogP contribution is -2.48. The van der Waals surface area contributed by atoms with Crippen LogP contribution in [-0.4, -0.2) is 46.0 Å². The van der Waals surface area contributed by atoms with E-state index in [1.165, 1.54) is 6.92 Å². The zero-order chi connectivity index (χ0) is 29.1. The largest absolute Gasteiger partial charge is 0.338 e. The number of carbonyl (C=O) groups is 1. The van der Waals surface area contributed by atoms with Crippen LogP contribution < -0.4 is 5.32 Å². The summed E-state index contributed by atoms with van der Waals surface area (Å²) in [5.74, 6) is -2.71. The van der Waals surface area contributed by atoms with Gasteiger partial charge in [-0.25, -0.2) is 18.7 Å². The summed E-state index contributed by atoms with van der Waals surface area (Å²) in [5, 5.41) is 1.25. The SMILES string of the molecule is [2H]C([2H])(C)c1cnc(C([2H])([2H])NC([2H])([2H])C2(F)CCN(C(=O)c3ccc(F)c(Cl)c3)C([2H])([2H])C2([2H])[2H])nc1. The summed E-state index contributed by atoms with van der Waals surface area (Å²) in [4.78, 5) is 20.6. The van der Waals surface area contributed by atoms with Gasteiger partial charge in [-0.2, -0.15) is 0 Å². The van der Waals surface area contributed by atoms with Crippen LogP contribution in [0.4, 0.5) is 8.78 Å². The average molecular weight is 419 g/mol. The fourth-order valence-electron chi connectivity index (χ4n) is 2.28. The summed E-state index contributed by atoms with van der Waals surface area (Å²) in [5.41, 5.74) is -4.04. The van der Waals surface area contributed by atoms with Crippen molar-refractivity contribution in [2.24, 2.45) is 0 Å². The van der Waals surface area contributed by atoms with Crippen molar-refractivity contribution >= 4 is 17.5 Å². The Morgan fingerprint density at radius 1 is 1.46 bits per heavy atom. The fourth-order valence-corrected chi connectivity index (χ4v) is 2.46. The molecule has 28 heavy (non-hydrogen) atoms. The van der Waals surface area contributed by atoms with E-state index in [2.05, 4.69) is 9.97 Å². The van der Waals surface area contributed by atoms with Crippen molar-refractivity contribution in [2.45, 2.75) is 38.3 Å². The Hall–Kier alpha value is -2.12. The maximum atomic E-state index is 16.3. The molecule has 150 valence electrons. The molecule has 0 saturated carbocycles. The van der Waals surface area contributed by atoms with Crippen molar-refractivity contribution in [3.05, 3.63) is 58.4 Å². The summed E-state index contributed by atoms with van der Waals surface area (Å²) in [6.45, 7) is -9.66. The molecule has 1 amide bonds. The number of aryl methyl sites for hydroxylation is 1. The Balaban J connectivity index is 1.93. The van der Waals surface area contributed by atoms with Gasteiger partial charge in [-0.15, -0.1) is 0 Å². The Kier molecular flexibility index (Phi) is 3.56. The van der Waals surface area contributed by atoms with Crippen molar-refractivity contribution in [3.8, 4) is 0 Å². The second-order valence-electron chi connectivity index (χ2n) is 5.79. The molecule has 1 fully saturated rings. The first-order valence-electron chi connectivity index (χ1n) is 13.2. The molecule has 0 aliphatic carbocycles. The van der Waals surface area contributed by atoms with Gasteiger partial charge >= 0.3 is 0 Å². The minimum atomic E-state index is -3.74. The first kappa shape index (κ1) is 11.2. The molecule has 1 aliphatic rings. The van der Waals surface area contributed by atoms with Crippen molar-refractivity contribution in [1.29, 1.82) is 0 Å². The average Bonchev–Trinajstić information content (AvgIpc) is 2.78. The summed E-state index contributed by atoms with van der Waals surface area (Å²) in [7, 11) is 0. The van der Waals surface area contributed by atoms with Gasteiger partial charge in [0.2, 0.25) is 0 Å². The van der Waals surface area contributed by atoms with Crippen LogP contribution in [0.15, 0.2) is 30.6 Å². The monoisotopic (exact) mass is 418 g/mol. The lowest BCUT2D eigenvalue weighted by atomic mass is 9.92. The highest BCUT2D eigenvalue weighted by Gasteiger charge is 2.36. The van der Waals surface area contributed by atoms with Crippen LogP contribution in [0.3, 0.4) is 0 Å². The molecule has 2 aromatic rings. The standard InChI is InChI=1S/C20H23ClF2N4O/c1-2-14-10-25-18(26-11-14)12-24-13-20(23)5-7-27(8-6-20)19(28)15-3-4-17(22)16(21)9-15/h3-4,9-11,24H,2,5-8,12-13H2,1H3/i2D2,5D2,7D2,12D2,13D2. The normalized spacial score (nSPS) is 30.1. The molecule has 1 unspecified atom stereocenters. The quantitative estimate of drug-likeness (QED) is 0.779. The van der Waals surface area contributed by atoms with E-state index >= 15 is 4.39 Å². The van der Waals surface area contributed by atoms with Crippen LogP contribution >= 0.6 is 11.6 Å². The highest BCUT2D eigenvalue weighted by molar-refractivity contribution is 6.31. The molecule has 0 spiro atoms. The molecular weight excluding hydrogens is 386 g/mol. The van der Waals surface area contributed by atoms with E-state index in [4.69, 9.17) is 25.3 Å². The number of piperidine rings is 1. The van der Waals surface area contributed by atoms with Crippen LogP contribution in [0, 0.1) is 5.82 Å². The third-order valence-electron chi connectivity index (χ3n) is 3.86. The number of alkyl halides is 1. The lowest BCUT2D eigenvalue weighted by Gasteiger charge is -2.36. The summed E-state index contributed by atoms with van der Waals surface area (Å²) < 4.78 is 111. The molecule has 1 aliphatic heterocycles. The van der Waals surface area contributed by atoms with Crippen LogP contribution in [0.1, 0.15) is 55.2 Å². The van der Waals surface area contributed by atoms with Gasteiger partial charge in [-0.05, 0) is 30.1 Å². The molecule has 1 N–H and O–H groups in total. The molecular formula is C20H23ClF2N4O. The second kappa shape index (κ2) is 8.92. The lowest BCUT2D eigenvalue weighted by molar-refractivity contribution is 0.0434.